The zero-order valence-electron chi connectivity index (χ0n) is 15.7. The van der Waals surface area contributed by atoms with Crippen molar-refractivity contribution in [3.8, 4) is 0 Å². The van der Waals surface area contributed by atoms with Crippen LogP contribution in [0.15, 0.2) is 71.6 Å². The monoisotopic (exact) mass is 414 g/mol. The molecule has 0 aliphatic carbocycles. The molecule has 5 nitrogen and oxygen atoms in total. The van der Waals surface area contributed by atoms with Crippen molar-refractivity contribution in [1.82, 2.24) is 5.32 Å². The quantitative estimate of drug-likeness (QED) is 0.569. The fourth-order valence-corrected chi connectivity index (χ4v) is 4.28. The number of benzene rings is 3. The lowest BCUT2D eigenvalue weighted by molar-refractivity contribution is -0.119. The molecule has 0 aliphatic heterocycles. The largest absolute Gasteiger partial charge is 0.349 e. The molecule has 1 unspecified atom stereocenters. The highest BCUT2D eigenvalue weighted by molar-refractivity contribution is 8.00. The Kier molecular flexibility index (Phi) is 6.26. The van der Waals surface area contributed by atoms with Gasteiger partial charge in [-0.1, -0.05) is 48.5 Å². The summed E-state index contributed by atoms with van der Waals surface area (Å²) < 4.78 is 25.6. The lowest BCUT2D eigenvalue weighted by Gasteiger charge is -2.18. The van der Waals surface area contributed by atoms with Gasteiger partial charge >= 0.3 is 0 Å². The van der Waals surface area contributed by atoms with E-state index in [0.717, 1.165) is 22.1 Å². The van der Waals surface area contributed by atoms with Crippen LogP contribution in [-0.2, 0) is 14.8 Å². The van der Waals surface area contributed by atoms with Gasteiger partial charge < -0.3 is 5.32 Å². The predicted molar refractivity (Wildman–Crippen MR) is 116 cm³/mol. The number of carbonyl (C=O) groups excluding carboxylic acids is 1. The maximum Gasteiger partial charge on any atom is 0.230 e. The van der Waals surface area contributed by atoms with Crippen LogP contribution >= 0.6 is 11.8 Å². The lowest BCUT2D eigenvalue weighted by Crippen LogP contribution is -2.29. The van der Waals surface area contributed by atoms with Crippen molar-refractivity contribution in [1.29, 1.82) is 0 Å². The summed E-state index contributed by atoms with van der Waals surface area (Å²) in [4.78, 5) is 13.4. The number of sulfonamides is 1. The van der Waals surface area contributed by atoms with E-state index < -0.39 is 10.0 Å². The molecule has 0 bridgehead atoms. The van der Waals surface area contributed by atoms with Crippen LogP contribution in [0.25, 0.3) is 10.8 Å². The molecular formula is C21H22N2O3S2. The van der Waals surface area contributed by atoms with Crippen LogP contribution in [0.4, 0.5) is 5.69 Å². The fourth-order valence-electron chi connectivity index (χ4n) is 2.93. The summed E-state index contributed by atoms with van der Waals surface area (Å²) in [5, 5.41) is 5.24. The Labute approximate surface area is 169 Å². The van der Waals surface area contributed by atoms with Gasteiger partial charge in [0.25, 0.3) is 0 Å². The summed E-state index contributed by atoms with van der Waals surface area (Å²) in [6.07, 6.45) is 1.10. The summed E-state index contributed by atoms with van der Waals surface area (Å²) in [7, 11) is -3.39. The maximum absolute atomic E-state index is 12.4. The van der Waals surface area contributed by atoms with E-state index in [1.807, 2.05) is 43.3 Å². The molecule has 146 valence electrons. The molecule has 0 radical (unpaired) electrons. The molecule has 0 fully saturated rings. The average Bonchev–Trinajstić information content (AvgIpc) is 2.65. The molecule has 0 heterocycles. The minimum Gasteiger partial charge on any atom is -0.349 e. The SMILES string of the molecule is CC(NC(=O)CSc1ccc2ccccc2c1)c1ccccc1NS(C)(=O)=O. The zero-order valence-corrected chi connectivity index (χ0v) is 17.3. The van der Waals surface area contributed by atoms with Crippen LogP contribution in [0.1, 0.15) is 18.5 Å². The summed E-state index contributed by atoms with van der Waals surface area (Å²) in [6.45, 7) is 1.83. The number of carbonyl (C=O) groups is 1. The second-order valence-electron chi connectivity index (χ2n) is 6.55. The van der Waals surface area contributed by atoms with Crippen LogP contribution < -0.4 is 10.0 Å². The predicted octanol–water partition coefficient (Wildman–Crippen LogP) is 4.18. The number of amides is 1. The number of nitrogens with one attached hydrogen (secondary N) is 2. The summed E-state index contributed by atoms with van der Waals surface area (Å²) >= 11 is 1.47. The molecule has 1 atom stereocenters. The van der Waals surface area contributed by atoms with Crippen LogP contribution in [0, 0.1) is 0 Å². The van der Waals surface area contributed by atoms with Gasteiger partial charge in [-0.2, -0.15) is 0 Å². The number of hydrogen-bond acceptors (Lipinski definition) is 4. The van der Waals surface area contributed by atoms with Gasteiger partial charge in [-0.15, -0.1) is 11.8 Å². The first-order valence-corrected chi connectivity index (χ1v) is 11.7. The molecule has 3 rings (SSSR count). The summed E-state index contributed by atoms with van der Waals surface area (Å²) in [6, 6.07) is 21.0. The first-order valence-electron chi connectivity index (χ1n) is 8.79. The molecule has 0 spiro atoms. The zero-order chi connectivity index (χ0) is 20.1. The third-order valence-corrected chi connectivity index (χ3v) is 5.78. The van der Waals surface area contributed by atoms with E-state index in [0.29, 0.717) is 5.69 Å². The molecule has 28 heavy (non-hydrogen) atoms. The van der Waals surface area contributed by atoms with E-state index in [1.165, 1.54) is 17.1 Å². The minimum absolute atomic E-state index is 0.111. The number of anilines is 1. The Hall–Kier alpha value is -2.51. The van der Waals surface area contributed by atoms with Gasteiger partial charge in [0, 0.05) is 4.90 Å². The molecule has 3 aromatic rings. The lowest BCUT2D eigenvalue weighted by atomic mass is 10.1. The van der Waals surface area contributed by atoms with E-state index in [1.54, 1.807) is 18.2 Å². The van der Waals surface area contributed by atoms with Crippen LogP contribution in [0.5, 0.6) is 0 Å². The third kappa shape index (κ3) is 5.50. The first kappa shape index (κ1) is 20.2. The Morgan fingerprint density at radius 2 is 1.68 bits per heavy atom. The van der Waals surface area contributed by atoms with E-state index in [2.05, 4.69) is 22.2 Å². The molecule has 7 heteroatoms. The van der Waals surface area contributed by atoms with E-state index in [9.17, 15) is 13.2 Å². The van der Waals surface area contributed by atoms with Gasteiger partial charge in [0.2, 0.25) is 15.9 Å². The maximum atomic E-state index is 12.4. The number of thioether (sulfide) groups is 1. The van der Waals surface area contributed by atoms with Gasteiger partial charge in [-0.3, -0.25) is 9.52 Å². The van der Waals surface area contributed by atoms with Gasteiger partial charge in [-0.05, 0) is 41.5 Å². The van der Waals surface area contributed by atoms with E-state index in [4.69, 9.17) is 0 Å². The van der Waals surface area contributed by atoms with Crippen molar-refractivity contribution >= 4 is 44.2 Å². The second-order valence-corrected chi connectivity index (χ2v) is 9.35. The number of rotatable bonds is 7. The second kappa shape index (κ2) is 8.67. The Morgan fingerprint density at radius 1 is 1.00 bits per heavy atom. The molecule has 2 N–H and O–H groups in total. The van der Waals surface area contributed by atoms with Gasteiger partial charge in [0.1, 0.15) is 0 Å². The van der Waals surface area contributed by atoms with Crippen LogP contribution in [0.3, 0.4) is 0 Å². The van der Waals surface area contributed by atoms with Gasteiger partial charge in [0.15, 0.2) is 0 Å². The number of hydrogen-bond donors (Lipinski definition) is 2. The normalized spacial score (nSPS) is 12.5. The van der Waals surface area contributed by atoms with Crippen molar-refractivity contribution in [2.24, 2.45) is 0 Å². The molecular weight excluding hydrogens is 392 g/mol. The molecule has 1 amide bonds. The number of fused-ring (bicyclic) bond motifs is 1. The Bertz CT molecular complexity index is 1100. The van der Waals surface area contributed by atoms with E-state index in [-0.39, 0.29) is 17.7 Å². The topological polar surface area (TPSA) is 75.3 Å². The Morgan fingerprint density at radius 3 is 2.43 bits per heavy atom. The first-order chi connectivity index (χ1) is 13.3. The molecule has 0 aromatic heterocycles. The van der Waals surface area contributed by atoms with Crippen molar-refractivity contribution in [3.63, 3.8) is 0 Å². The number of para-hydroxylation sites is 1. The fraction of sp³-hybridized carbons (Fsp3) is 0.190. The van der Waals surface area contributed by atoms with Crippen LogP contribution in [-0.4, -0.2) is 26.3 Å². The molecule has 0 saturated carbocycles. The minimum atomic E-state index is -3.39. The molecule has 0 saturated heterocycles. The molecule has 3 aromatic carbocycles. The third-order valence-electron chi connectivity index (χ3n) is 4.19. The van der Waals surface area contributed by atoms with Crippen molar-refractivity contribution in [2.75, 3.05) is 16.7 Å². The van der Waals surface area contributed by atoms with Crippen molar-refractivity contribution < 1.29 is 13.2 Å². The smallest absolute Gasteiger partial charge is 0.230 e. The van der Waals surface area contributed by atoms with Crippen molar-refractivity contribution in [3.05, 3.63) is 72.3 Å². The van der Waals surface area contributed by atoms with Crippen molar-refractivity contribution in [2.45, 2.75) is 17.9 Å². The highest BCUT2D eigenvalue weighted by Crippen LogP contribution is 2.25. The highest BCUT2D eigenvalue weighted by atomic mass is 32.2. The summed E-state index contributed by atoms with van der Waals surface area (Å²) in [5.41, 5.74) is 1.19. The highest BCUT2D eigenvalue weighted by Gasteiger charge is 2.15. The summed E-state index contributed by atoms with van der Waals surface area (Å²) in [5.74, 6) is 0.171. The van der Waals surface area contributed by atoms with Gasteiger partial charge in [0.05, 0.1) is 23.7 Å². The standard InChI is InChI=1S/C21H22N2O3S2/c1-15(19-9-5-6-10-20(19)23-28(2,25)26)22-21(24)14-27-18-12-11-16-7-3-4-8-17(16)13-18/h3-13,15,23H,14H2,1-2H3,(H,22,24). The average molecular weight is 415 g/mol. The van der Waals surface area contributed by atoms with Gasteiger partial charge in [-0.25, -0.2) is 8.42 Å². The van der Waals surface area contributed by atoms with Crippen LogP contribution in [0.2, 0.25) is 0 Å². The van der Waals surface area contributed by atoms with E-state index >= 15 is 0 Å². The Balaban J connectivity index is 1.63. The molecule has 0 aliphatic rings.